The Morgan fingerprint density at radius 2 is 1.81 bits per heavy atom. The zero-order valence-electron chi connectivity index (χ0n) is 23.0. The van der Waals surface area contributed by atoms with Gasteiger partial charge in [0, 0.05) is 35.9 Å². The van der Waals surface area contributed by atoms with Crippen LogP contribution in [0.4, 0.5) is 14.5 Å². The van der Waals surface area contributed by atoms with E-state index in [1.807, 2.05) is 0 Å². The molecule has 0 aliphatic carbocycles. The maximum Gasteiger partial charge on any atom is 0.269 e. The number of hydrogen-bond donors (Lipinski definition) is 2. The number of rotatable bonds is 5. The largest absolute Gasteiger partial charge is 0.474 e. The van der Waals surface area contributed by atoms with Crippen LogP contribution in [0.1, 0.15) is 34.8 Å². The van der Waals surface area contributed by atoms with E-state index in [1.165, 1.54) is 28.9 Å². The molecule has 2 aliphatic heterocycles. The zero-order valence-corrected chi connectivity index (χ0v) is 23.8. The standard InChI is InChI=1S/C30H25F2N5O5S/c1-16-13-14-37-30(42-16)23(26(36-37)19-12-11-18(15-22(19)32)43(2,40)41)28(38)35-27-29(39)34-25-20(9-6-10-21(25)31)24(33-27)17-7-4-3-5-8-17/h3-12,15-16,27H,13-14H2,1-2H3,(H,34,39)(H,35,38)/t16-,27-/m1/s1. The molecule has 43 heavy (non-hydrogen) atoms. The van der Waals surface area contributed by atoms with E-state index in [4.69, 9.17) is 4.74 Å². The number of nitrogens with one attached hydrogen (secondary N) is 2. The summed E-state index contributed by atoms with van der Waals surface area (Å²) in [5.74, 6) is -3.17. The first-order chi connectivity index (χ1) is 20.5. The number of aliphatic imine (C=N–C) groups is 1. The molecule has 0 saturated carbocycles. The minimum Gasteiger partial charge on any atom is -0.474 e. The summed E-state index contributed by atoms with van der Waals surface area (Å²) in [5.41, 5.74) is 0.696. The van der Waals surface area contributed by atoms with Crippen LogP contribution in [0.3, 0.4) is 0 Å². The van der Waals surface area contributed by atoms with Crippen molar-refractivity contribution in [1.29, 1.82) is 0 Å². The summed E-state index contributed by atoms with van der Waals surface area (Å²) in [6, 6.07) is 16.4. The third kappa shape index (κ3) is 5.27. The van der Waals surface area contributed by atoms with Gasteiger partial charge in [-0.1, -0.05) is 42.5 Å². The molecule has 0 saturated heterocycles. The van der Waals surface area contributed by atoms with Crippen molar-refractivity contribution < 1.29 is 31.5 Å². The molecule has 2 atom stereocenters. The summed E-state index contributed by atoms with van der Waals surface area (Å²) in [5, 5.41) is 9.53. The topological polar surface area (TPSA) is 132 Å². The van der Waals surface area contributed by atoms with E-state index < -0.39 is 39.5 Å². The Hall–Kier alpha value is -4.91. The van der Waals surface area contributed by atoms with Gasteiger partial charge in [0.05, 0.1) is 22.4 Å². The Kier molecular flexibility index (Phi) is 7.04. The number of aromatic nitrogens is 2. The fraction of sp³-hybridized carbons (Fsp3) is 0.200. The van der Waals surface area contributed by atoms with Gasteiger partial charge < -0.3 is 15.4 Å². The highest BCUT2D eigenvalue weighted by Gasteiger charge is 2.35. The van der Waals surface area contributed by atoms with Gasteiger partial charge in [0.1, 0.15) is 22.9 Å². The van der Waals surface area contributed by atoms with E-state index in [0.29, 0.717) is 24.1 Å². The first kappa shape index (κ1) is 28.2. The fourth-order valence-electron chi connectivity index (χ4n) is 5.00. The number of halogens is 2. The SMILES string of the molecule is C[C@@H]1CCn2nc(-c3ccc(S(C)(=O)=O)cc3F)c(C(=O)N[C@H]3N=C(c4ccccc4)c4cccc(F)c4NC3=O)c2O1. The molecule has 0 radical (unpaired) electrons. The highest BCUT2D eigenvalue weighted by atomic mass is 32.2. The van der Waals surface area contributed by atoms with Gasteiger partial charge >= 0.3 is 0 Å². The summed E-state index contributed by atoms with van der Waals surface area (Å²) in [4.78, 5) is 31.6. The summed E-state index contributed by atoms with van der Waals surface area (Å²) in [6.07, 6.45) is -0.278. The van der Waals surface area contributed by atoms with Crippen LogP contribution in [-0.2, 0) is 21.2 Å². The molecule has 2 N–H and O–H groups in total. The second kappa shape index (κ2) is 10.7. The maximum atomic E-state index is 15.3. The van der Waals surface area contributed by atoms with Crippen LogP contribution in [0.2, 0.25) is 0 Å². The molecular weight excluding hydrogens is 580 g/mol. The Morgan fingerprint density at radius 1 is 1.05 bits per heavy atom. The molecular formula is C30H25F2N5O5S. The predicted molar refractivity (Wildman–Crippen MR) is 154 cm³/mol. The molecule has 0 fully saturated rings. The lowest BCUT2D eigenvalue weighted by Gasteiger charge is -2.22. The minimum atomic E-state index is -3.70. The normalized spacial score (nSPS) is 18.0. The van der Waals surface area contributed by atoms with Crippen LogP contribution in [0.15, 0.2) is 76.6 Å². The lowest BCUT2D eigenvalue weighted by atomic mass is 10.0. The molecule has 0 unspecified atom stereocenters. The molecule has 3 aromatic carbocycles. The van der Waals surface area contributed by atoms with Gasteiger partial charge in [-0.15, -0.1) is 0 Å². The van der Waals surface area contributed by atoms with Crippen molar-refractivity contribution in [3.05, 3.63) is 95.1 Å². The highest BCUT2D eigenvalue weighted by Crippen LogP contribution is 2.36. The Labute approximate surface area is 245 Å². The summed E-state index contributed by atoms with van der Waals surface area (Å²) in [7, 11) is -3.70. The predicted octanol–water partition coefficient (Wildman–Crippen LogP) is 3.95. The number of sulfone groups is 1. The van der Waals surface area contributed by atoms with Crippen molar-refractivity contribution in [3.63, 3.8) is 0 Å². The molecule has 0 spiro atoms. The van der Waals surface area contributed by atoms with Crippen molar-refractivity contribution in [2.75, 3.05) is 11.6 Å². The zero-order chi connectivity index (χ0) is 30.5. The molecule has 6 rings (SSSR count). The van der Waals surface area contributed by atoms with Crippen molar-refractivity contribution >= 4 is 33.1 Å². The number of benzene rings is 3. The monoisotopic (exact) mass is 605 g/mol. The highest BCUT2D eigenvalue weighted by molar-refractivity contribution is 7.90. The molecule has 220 valence electrons. The van der Waals surface area contributed by atoms with Gasteiger partial charge in [0.25, 0.3) is 11.8 Å². The molecule has 13 heteroatoms. The molecule has 2 amide bonds. The number of para-hydroxylation sites is 1. The summed E-state index contributed by atoms with van der Waals surface area (Å²) >= 11 is 0. The summed E-state index contributed by atoms with van der Waals surface area (Å²) < 4.78 is 61.5. The number of carbonyl (C=O) groups excluding carboxylic acids is 2. The second-order valence-electron chi connectivity index (χ2n) is 10.3. The number of benzodiazepines with no additional fused rings is 1. The quantitative estimate of drug-likeness (QED) is 0.354. The van der Waals surface area contributed by atoms with Gasteiger partial charge in [-0.25, -0.2) is 26.9 Å². The van der Waals surface area contributed by atoms with Crippen molar-refractivity contribution in [2.24, 2.45) is 4.99 Å². The van der Waals surface area contributed by atoms with E-state index in [0.717, 1.165) is 12.3 Å². The third-order valence-corrected chi connectivity index (χ3v) is 8.27. The van der Waals surface area contributed by atoms with Crippen molar-refractivity contribution in [1.82, 2.24) is 15.1 Å². The van der Waals surface area contributed by atoms with Crippen LogP contribution in [0, 0.1) is 11.6 Å². The first-order valence-electron chi connectivity index (χ1n) is 13.3. The molecule has 10 nitrogen and oxygen atoms in total. The number of ether oxygens (including phenoxy) is 1. The smallest absolute Gasteiger partial charge is 0.269 e. The molecule has 4 aromatic rings. The fourth-order valence-corrected chi connectivity index (χ4v) is 5.63. The molecule has 1 aromatic heterocycles. The average Bonchev–Trinajstić information content (AvgIpc) is 3.27. The van der Waals surface area contributed by atoms with E-state index >= 15 is 4.39 Å². The van der Waals surface area contributed by atoms with Crippen molar-refractivity contribution in [3.8, 4) is 17.1 Å². The van der Waals surface area contributed by atoms with E-state index in [-0.39, 0.29) is 45.1 Å². The van der Waals surface area contributed by atoms with Gasteiger partial charge in [0.2, 0.25) is 12.0 Å². The number of carbonyl (C=O) groups is 2. The van der Waals surface area contributed by atoms with Crippen LogP contribution in [-0.4, -0.2) is 54.2 Å². The lowest BCUT2D eigenvalue weighted by molar-refractivity contribution is -0.117. The minimum absolute atomic E-state index is 0.0634. The number of hydrogen-bond acceptors (Lipinski definition) is 7. The Bertz CT molecular complexity index is 1920. The molecule has 0 bridgehead atoms. The summed E-state index contributed by atoms with van der Waals surface area (Å²) in [6.45, 7) is 2.18. The van der Waals surface area contributed by atoms with Gasteiger partial charge in [-0.3, -0.25) is 9.59 Å². The molecule has 2 aliphatic rings. The van der Waals surface area contributed by atoms with Crippen LogP contribution < -0.4 is 15.4 Å². The second-order valence-corrected chi connectivity index (χ2v) is 12.3. The van der Waals surface area contributed by atoms with E-state index in [9.17, 15) is 22.4 Å². The van der Waals surface area contributed by atoms with Crippen molar-refractivity contribution in [2.45, 2.75) is 37.1 Å². The van der Waals surface area contributed by atoms with E-state index in [2.05, 4.69) is 20.7 Å². The lowest BCUT2D eigenvalue weighted by Crippen LogP contribution is -2.42. The number of aryl methyl sites for hydroxylation is 1. The number of nitrogens with zero attached hydrogens (tertiary/aromatic N) is 3. The molecule has 3 heterocycles. The number of amides is 2. The van der Waals surface area contributed by atoms with Gasteiger partial charge in [-0.2, -0.15) is 5.10 Å². The van der Waals surface area contributed by atoms with Gasteiger partial charge in [0.15, 0.2) is 9.84 Å². The number of anilines is 1. The first-order valence-corrected chi connectivity index (χ1v) is 15.2. The Balaban J connectivity index is 1.44. The maximum absolute atomic E-state index is 15.3. The van der Waals surface area contributed by atoms with Crippen LogP contribution in [0.25, 0.3) is 11.3 Å². The van der Waals surface area contributed by atoms with Gasteiger partial charge in [-0.05, 0) is 31.2 Å². The Morgan fingerprint density at radius 3 is 2.53 bits per heavy atom. The van der Waals surface area contributed by atoms with Crippen LogP contribution in [0.5, 0.6) is 5.88 Å². The van der Waals surface area contributed by atoms with E-state index in [1.54, 1.807) is 43.3 Å². The van der Waals surface area contributed by atoms with Crippen LogP contribution >= 0.6 is 0 Å². The number of fused-ring (bicyclic) bond motifs is 2. The third-order valence-electron chi connectivity index (χ3n) is 7.16. The average molecular weight is 606 g/mol.